The van der Waals surface area contributed by atoms with Gasteiger partial charge in [-0.25, -0.2) is 12.8 Å². The van der Waals surface area contributed by atoms with Crippen LogP contribution in [-0.2, 0) is 16.6 Å². The van der Waals surface area contributed by atoms with Crippen molar-refractivity contribution < 1.29 is 12.8 Å². The minimum Gasteiger partial charge on any atom is -0.316 e. The number of hydrogen-bond acceptors (Lipinski definition) is 3. The second kappa shape index (κ2) is 6.56. The van der Waals surface area contributed by atoms with Crippen molar-refractivity contribution in [3.05, 3.63) is 39.6 Å². The van der Waals surface area contributed by atoms with Gasteiger partial charge in [0.25, 0.3) is 0 Å². The maximum atomic E-state index is 14.5. The molecule has 0 saturated heterocycles. The van der Waals surface area contributed by atoms with Gasteiger partial charge in [0.2, 0.25) is 10.0 Å². The Kier molecular flexibility index (Phi) is 5.19. The van der Waals surface area contributed by atoms with Gasteiger partial charge in [-0.05, 0) is 32.5 Å². The Bertz CT molecular complexity index is 674. The maximum absolute atomic E-state index is 14.5. The Morgan fingerprint density at radius 1 is 1.43 bits per heavy atom. The molecule has 1 aromatic rings. The van der Waals surface area contributed by atoms with Gasteiger partial charge in [0.15, 0.2) is 0 Å². The lowest BCUT2D eigenvalue weighted by molar-refractivity contribution is 0.426. The van der Waals surface area contributed by atoms with Crippen molar-refractivity contribution in [1.29, 1.82) is 0 Å². The molecule has 0 radical (unpaired) electrons. The van der Waals surface area contributed by atoms with Crippen molar-refractivity contribution in [3.8, 4) is 0 Å². The Labute approximate surface area is 133 Å². The zero-order valence-corrected chi connectivity index (χ0v) is 14.4. The van der Waals surface area contributed by atoms with Crippen LogP contribution in [0, 0.1) is 5.82 Å². The average molecular weight is 377 g/mol. The van der Waals surface area contributed by atoms with E-state index >= 15 is 0 Å². The summed E-state index contributed by atoms with van der Waals surface area (Å²) in [6, 6.07) is 2.92. The Morgan fingerprint density at radius 3 is 2.71 bits per heavy atom. The smallest absolute Gasteiger partial charge is 0.246 e. The van der Waals surface area contributed by atoms with Gasteiger partial charge in [0.05, 0.1) is 0 Å². The average Bonchev–Trinajstić information content (AvgIpc) is 2.43. The van der Waals surface area contributed by atoms with E-state index in [2.05, 4.69) is 21.2 Å². The van der Waals surface area contributed by atoms with E-state index in [1.807, 2.05) is 13.0 Å². The molecule has 1 aliphatic rings. The Morgan fingerprint density at radius 2 is 2.14 bits per heavy atom. The fraction of sp³-hybridized carbons (Fsp3) is 0.429. The molecule has 0 aliphatic carbocycles. The van der Waals surface area contributed by atoms with E-state index in [-0.39, 0.29) is 11.4 Å². The van der Waals surface area contributed by atoms with Crippen LogP contribution in [0.4, 0.5) is 4.39 Å². The van der Waals surface area contributed by atoms with E-state index < -0.39 is 15.8 Å². The van der Waals surface area contributed by atoms with Crippen LogP contribution in [0.5, 0.6) is 0 Å². The van der Waals surface area contributed by atoms with Crippen LogP contribution >= 0.6 is 15.9 Å². The van der Waals surface area contributed by atoms with Gasteiger partial charge in [-0.2, -0.15) is 4.31 Å². The van der Waals surface area contributed by atoms with Gasteiger partial charge in [0.1, 0.15) is 10.7 Å². The van der Waals surface area contributed by atoms with Crippen LogP contribution in [0.15, 0.2) is 33.2 Å². The molecule has 7 heteroatoms. The number of rotatable bonds is 4. The summed E-state index contributed by atoms with van der Waals surface area (Å²) >= 11 is 3.25. The zero-order valence-electron chi connectivity index (χ0n) is 12.0. The summed E-state index contributed by atoms with van der Waals surface area (Å²) in [5.41, 5.74) is 1.49. The molecule has 0 unspecified atom stereocenters. The first-order chi connectivity index (χ1) is 9.86. The number of benzene rings is 1. The molecule has 0 fully saturated rings. The summed E-state index contributed by atoms with van der Waals surface area (Å²) in [5.74, 6) is -0.682. The molecule has 0 aromatic heterocycles. The second-order valence-electron chi connectivity index (χ2n) is 5.07. The summed E-state index contributed by atoms with van der Waals surface area (Å²) < 4.78 is 41.6. The van der Waals surface area contributed by atoms with E-state index in [0.29, 0.717) is 29.5 Å². The molecule has 1 aromatic carbocycles. The third kappa shape index (κ3) is 3.53. The molecule has 0 spiro atoms. The molecular formula is C14H18BrFN2O2S. The van der Waals surface area contributed by atoms with Crippen molar-refractivity contribution in [1.82, 2.24) is 9.62 Å². The largest absolute Gasteiger partial charge is 0.316 e. The lowest BCUT2D eigenvalue weighted by Crippen LogP contribution is -2.35. The first-order valence-electron chi connectivity index (χ1n) is 6.64. The first kappa shape index (κ1) is 16.6. The standard InChI is InChI=1S/C14H18BrFN2O2S/c1-10-3-5-18(6-4-10)21(19,20)13-8-12(15)7-11(9-17-2)14(13)16/h3,7-8,17H,4-6,9H2,1-2H3. The number of halogens is 2. The van der Waals surface area contributed by atoms with Crippen molar-refractivity contribution in [2.45, 2.75) is 24.8 Å². The summed E-state index contributed by atoms with van der Waals surface area (Å²) in [4.78, 5) is -0.268. The van der Waals surface area contributed by atoms with Gasteiger partial charge in [-0.15, -0.1) is 0 Å². The molecule has 21 heavy (non-hydrogen) atoms. The number of sulfonamides is 1. The molecule has 0 amide bonds. The number of nitrogens with zero attached hydrogens (tertiary/aromatic N) is 1. The van der Waals surface area contributed by atoms with Crippen LogP contribution in [0.25, 0.3) is 0 Å². The molecule has 116 valence electrons. The third-order valence-corrected chi connectivity index (χ3v) is 5.79. The predicted molar refractivity (Wildman–Crippen MR) is 84.0 cm³/mol. The fourth-order valence-corrected chi connectivity index (χ4v) is 4.41. The lowest BCUT2D eigenvalue weighted by atomic mass is 10.1. The molecule has 1 heterocycles. The quantitative estimate of drug-likeness (QED) is 0.821. The summed E-state index contributed by atoms with van der Waals surface area (Å²) in [6.07, 6.45) is 2.55. The molecular weight excluding hydrogens is 359 g/mol. The maximum Gasteiger partial charge on any atom is 0.246 e. The van der Waals surface area contributed by atoms with Crippen LogP contribution in [0.1, 0.15) is 18.9 Å². The topological polar surface area (TPSA) is 49.4 Å². The highest BCUT2D eigenvalue weighted by atomic mass is 79.9. The van der Waals surface area contributed by atoms with Crippen LogP contribution in [0.3, 0.4) is 0 Å². The molecule has 0 saturated carbocycles. The van der Waals surface area contributed by atoms with Gasteiger partial charge < -0.3 is 5.32 Å². The van der Waals surface area contributed by atoms with Gasteiger partial charge in [0, 0.05) is 29.7 Å². The van der Waals surface area contributed by atoms with Crippen molar-refractivity contribution in [2.24, 2.45) is 0 Å². The Hall–Kier alpha value is -0.760. The van der Waals surface area contributed by atoms with Gasteiger partial charge in [-0.3, -0.25) is 0 Å². The minimum absolute atomic E-state index is 0.268. The summed E-state index contributed by atoms with van der Waals surface area (Å²) in [5, 5.41) is 2.84. The van der Waals surface area contributed by atoms with E-state index in [1.54, 1.807) is 13.1 Å². The van der Waals surface area contributed by atoms with Gasteiger partial charge >= 0.3 is 0 Å². The molecule has 4 nitrogen and oxygen atoms in total. The van der Waals surface area contributed by atoms with Crippen LogP contribution in [-0.4, -0.2) is 32.9 Å². The van der Waals surface area contributed by atoms with E-state index in [9.17, 15) is 12.8 Å². The normalized spacial score (nSPS) is 16.9. The van der Waals surface area contributed by atoms with E-state index in [0.717, 1.165) is 5.57 Å². The minimum atomic E-state index is -3.82. The monoisotopic (exact) mass is 376 g/mol. The van der Waals surface area contributed by atoms with Crippen LogP contribution < -0.4 is 5.32 Å². The first-order valence-corrected chi connectivity index (χ1v) is 8.88. The number of hydrogen-bond donors (Lipinski definition) is 1. The van der Waals surface area contributed by atoms with Crippen LogP contribution in [0.2, 0.25) is 0 Å². The zero-order chi connectivity index (χ0) is 15.6. The molecule has 2 rings (SSSR count). The predicted octanol–water partition coefficient (Wildman–Crippen LogP) is 2.65. The molecule has 0 atom stereocenters. The molecule has 0 bridgehead atoms. The van der Waals surface area contributed by atoms with E-state index in [4.69, 9.17) is 0 Å². The summed E-state index contributed by atoms with van der Waals surface area (Å²) in [7, 11) is -2.14. The number of nitrogens with one attached hydrogen (secondary N) is 1. The molecule has 1 N–H and O–H groups in total. The lowest BCUT2D eigenvalue weighted by Gasteiger charge is -2.25. The van der Waals surface area contributed by atoms with Gasteiger partial charge in [-0.1, -0.05) is 27.6 Å². The summed E-state index contributed by atoms with van der Waals surface area (Å²) in [6.45, 7) is 2.92. The van der Waals surface area contributed by atoms with Crippen molar-refractivity contribution >= 4 is 26.0 Å². The fourth-order valence-electron chi connectivity index (χ4n) is 2.23. The molecule has 1 aliphatic heterocycles. The third-order valence-electron chi connectivity index (χ3n) is 3.46. The SMILES string of the molecule is CNCc1cc(Br)cc(S(=O)(=O)N2CC=C(C)CC2)c1F. The highest BCUT2D eigenvalue weighted by Gasteiger charge is 2.29. The highest BCUT2D eigenvalue weighted by molar-refractivity contribution is 9.10. The Balaban J connectivity index is 2.45. The highest BCUT2D eigenvalue weighted by Crippen LogP contribution is 2.28. The second-order valence-corrected chi connectivity index (χ2v) is 7.89. The van der Waals surface area contributed by atoms with E-state index in [1.165, 1.54) is 10.4 Å². The van der Waals surface area contributed by atoms with Crippen molar-refractivity contribution in [2.75, 3.05) is 20.1 Å². The van der Waals surface area contributed by atoms with Crippen molar-refractivity contribution in [3.63, 3.8) is 0 Å².